The van der Waals surface area contributed by atoms with E-state index in [9.17, 15) is 4.21 Å². The van der Waals surface area contributed by atoms with E-state index in [2.05, 4.69) is 0 Å². The molecule has 0 bridgehead atoms. The third kappa shape index (κ3) is 1.79. The lowest BCUT2D eigenvalue weighted by Gasteiger charge is -2.16. The SMILES string of the molecule is CC(C)(C)S(=N)(N)=O. The quantitative estimate of drug-likeness (QED) is 0.506. The van der Waals surface area contributed by atoms with E-state index in [1.807, 2.05) is 0 Å². The first kappa shape index (κ1) is 7.91. The maximum Gasteiger partial charge on any atom is 0.107 e. The largest absolute Gasteiger partial charge is 0.245 e. The van der Waals surface area contributed by atoms with Crippen molar-refractivity contribution < 1.29 is 4.21 Å². The van der Waals surface area contributed by atoms with Crippen molar-refractivity contribution in [3.05, 3.63) is 0 Å². The Bertz CT molecular complexity index is 163. The fourth-order valence-electron chi connectivity index (χ4n) is 0. The minimum absolute atomic E-state index is 0.590. The van der Waals surface area contributed by atoms with Gasteiger partial charge in [-0.15, -0.1) is 0 Å². The van der Waals surface area contributed by atoms with Crippen LogP contribution in [0.5, 0.6) is 0 Å². The minimum Gasteiger partial charge on any atom is -0.245 e. The lowest BCUT2D eigenvalue weighted by atomic mass is 10.3. The van der Waals surface area contributed by atoms with Gasteiger partial charge in [0, 0.05) is 0 Å². The van der Waals surface area contributed by atoms with Crippen molar-refractivity contribution >= 4 is 9.92 Å². The van der Waals surface area contributed by atoms with Crippen molar-refractivity contribution in [1.82, 2.24) is 0 Å². The Balaban J connectivity index is 4.53. The van der Waals surface area contributed by atoms with Crippen molar-refractivity contribution in [1.29, 1.82) is 4.78 Å². The Morgan fingerprint density at radius 1 is 1.50 bits per heavy atom. The maximum absolute atomic E-state index is 10.7. The smallest absolute Gasteiger partial charge is 0.107 e. The van der Waals surface area contributed by atoms with E-state index in [0.717, 1.165) is 0 Å². The second-order valence-electron chi connectivity index (χ2n) is 2.71. The molecule has 0 radical (unpaired) electrons. The zero-order valence-corrected chi connectivity index (χ0v) is 6.21. The molecular formula is C4H12N2OS. The third-order valence-corrected chi connectivity index (χ3v) is 2.73. The standard InChI is InChI=1S/C4H12N2OS/c1-4(2,3)8(5,6)7/h1-3H3,(H3,5,6,7). The molecule has 8 heavy (non-hydrogen) atoms. The molecule has 0 aromatic heterocycles. The first-order valence-electron chi connectivity index (χ1n) is 2.31. The van der Waals surface area contributed by atoms with Crippen molar-refractivity contribution in [2.24, 2.45) is 5.14 Å². The van der Waals surface area contributed by atoms with Gasteiger partial charge in [0.1, 0.15) is 9.92 Å². The summed E-state index contributed by atoms with van der Waals surface area (Å²) in [6, 6.07) is 0. The molecule has 0 aliphatic carbocycles. The van der Waals surface area contributed by atoms with Gasteiger partial charge in [0.2, 0.25) is 0 Å². The van der Waals surface area contributed by atoms with Gasteiger partial charge in [-0.1, -0.05) is 0 Å². The molecule has 0 spiro atoms. The first-order valence-corrected chi connectivity index (χ1v) is 3.93. The summed E-state index contributed by atoms with van der Waals surface area (Å²) in [6.07, 6.45) is 0. The molecule has 0 saturated heterocycles. The molecule has 50 valence electrons. The van der Waals surface area contributed by atoms with Crippen LogP contribution < -0.4 is 5.14 Å². The van der Waals surface area contributed by atoms with E-state index >= 15 is 0 Å². The number of nitrogens with two attached hydrogens (primary N) is 1. The van der Waals surface area contributed by atoms with Crippen LogP contribution in [0.15, 0.2) is 0 Å². The Morgan fingerprint density at radius 2 is 1.62 bits per heavy atom. The fourth-order valence-corrected chi connectivity index (χ4v) is 0. The van der Waals surface area contributed by atoms with Crippen LogP contribution in [-0.2, 0) is 9.92 Å². The van der Waals surface area contributed by atoms with Crippen LogP contribution in [0, 0.1) is 4.78 Å². The minimum atomic E-state index is -2.84. The summed E-state index contributed by atoms with van der Waals surface area (Å²) >= 11 is 0. The van der Waals surface area contributed by atoms with Crippen LogP contribution in [0.25, 0.3) is 0 Å². The Kier molecular flexibility index (Phi) is 1.68. The second-order valence-corrected chi connectivity index (χ2v) is 5.14. The summed E-state index contributed by atoms with van der Waals surface area (Å²) in [5, 5.41) is 5.01. The van der Waals surface area contributed by atoms with Gasteiger partial charge < -0.3 is 0 Å². The molecule has 0 saturated carbocycles. The van der Waals surface area contributed by atoms with Crippen LogP contribution in [0.3, 0.4) is 0 Å². The number of hydrogen-bond acceptors (Lipinski definition) is 2. The highest BCUT2D eigenvalue weighted by molar-refractivity contribution is 7.91. The van der Waals surface area contributed by atoms with Crippen molar-refractivity contribution in [2.45, 2.75) is 25.5 Å². The molecule has 0 aromatic rings. The maximum atomic E-state index is 10.7. The topological polar surface area (TPSA) is 66.9 Å². The van der Waals surface area contributed by atoms with Crippen LogP contribution in [0.2, 0.25) is 0 Å². The molecule has 0 aliphatic heterocycles. The Hall–Kier alpha value is -0.0900. The fraction of sp³-hybridized carbons (Fsp3) is 1.00. The van der Waals surface area contributed by atoms with Gasteiger partial charge in [0.05, 0.1) is 4.75 Å². The van der Waals surface area contributed by atoms with Crippen molar-refractivity contribution in [3.63, 3.8) is 0 Å². The molecule has 3 nitrogen and oxygen atoms in total. The van der Waals surface area contributed by atoms with Gasteiger partial charge in [0.25, 0.3) is 0 Å². The Labute approximate surface area is 50.4 Å². The summed E-state index contributed by atoms with van der Waals surface area (Å²) in [6.45, 7) is 5.05. The van der Waals surface area contributed by atoms with E-state index in [-0.39, 0.29) is 0 Å². The van der Waals surface area contributed by atoms with Crippen LogP contribution in [0.4, 0.5) is 0 Å². The number of rotatable bonds is 0. The molecule has 1 unspecified atom stereocenters. The van der Waals surface area contributed by atoms with Gasteiger partial charge in [-0.25, -0.2) is 14.1 Å². The van der Waals surface area contributed by atoms with Gasteiger partial charge in [-0.3, -0.25) is 0 Å². The van der Waals surface area contributed by atoms with E-state index in [1.54, 1.807) is 20.8 Å². The van der Waals surface area contributed by atoms with E-state index < -0.39 is 14.7 Å². The molecule has 0 amide bonds. The first-order chi connectivity index (χ1) is 3.25. The van der Waals surface area contributed by atoms with Crippen molar-refractivity contribution in [2.75, 3.05) is 0 Å². The monoisotopic (exact) mass is 136 g/mol. The van der Waals surface area contributed by atoms with Crippen LogP contribution in [-0.4, -0.2) is 8.96 Å². The predicted molar refractivity (Wildman–Crippen MR) is 34.8 cm³/mol. The van der Waals surface area contributed by atoms with E-state index in [0.29, 0.717) is 0 Å². The van der Waals surface area contributed by atoms with Gasteiger partial charge >= 0.3 is 0 Å². The van der Waals surface area contributed by atoms with Gasteiger partial charge in [-0.2, -0.15) is 0 Å². The lowest BCUT2D eigenvalue weighted by Crippen LogP contribution is -2.33. The molecule has 1 atom stereocenters. The van der Waals surface area contributed by atoms with E-state index in [4.69, 9.17) is 9.92 Å². The molecule has 0 aromatic carbocycles. The van der Waals surface area contributed by atoms with Gasteiger partial charge in [-0.05, 0) is 20.8 Å². The molecule has 0 aliphatic rings. The average Bonchev–Trinajstić information content (AvgIpc) is 1.25. The zero-order valence-electron chi connectivity index (χ0n) is 5.39. The van der Waals surface area contributed by atoms with Crippen molar-refractivity contribution in [3.8, 4) is 0 Å². The summed E-state index contributed by atoms with van der Waals surface area (Å²) < 4.78 is 17.0. The summed E-state index contributed by atoms with van der Waals surface area (Å²) in [5.74, 6) is 0. The summed E-state index contributed by atoms with van der Waals surface area (Å²) in [7, 11) is -2.84. The summed E-state index contributed by atoms with van der Waals surface area (Å²) in [4.78, 5) is 0. The lowest BCUT2D eigenvalue weighted by molar-refractivity contribution is 0.639. The molecule has 0 heterocycles. The van der Waals surface area contributed by atoms with E-state index in [1.165, 1.54) is 0 Å². The Morgan fingerprint density at radius 3 is 1.62 bits per heavy atom. The zero-order chi connectivity index (χ0) is 7.00. The third-order valence-electron chi connectivity index (χ3n) is 0.910. The van der Waals surface area contributed by atoms with Crippen LogP contribution >= 0.6 is 0 Å². The highest BCUT2D eigenvalue weighted by atomic mass is 32.2. The number of hydrogen-bond donors (Lipinski definition) is 2. The molecule has 0 fully saturated rings. The summed E-state index contributed by atoms with van der Waals surface area (Å²) in [5.41, 5.74) is 0. The highest BCUT2D eigenvalue weighted by Crippen LogP contribution is 2.10. The van der Waals surface area contributed by atoms with Gasteiger partial charge in [0.15, 0.2) is 0 Å². The second kappa shape index (κ2) is 1.70. The molecule has 4 heteroatoms. The highest BCUT2D eigenvalue weighted by Gasteiger charge is 2.19. The average molecular weight is 136 g/mol. The number of nitrogens with one attached hydrogen (secondary N) is 1. The molecule has 3 N–H and O–H groups in total. The molecular weight excluding hydrogens is 124 g/mol. The predicted octanol–water partition coefficient (Wildman–Crippen LogP) is 0.705. The normalized spacial score (nSPS) is 20.0. The van der Waals surface area contributed by atoms with Crippen LogP contribution in [0.1, 0.15) is 20.8 Å². The molecule has 0 rings (SSSR count).